The van der Waals surface area contributed by atoms with Crippen molar-refractivity contribution in [1.82, 2.24) is 5.32 Å². The van der Waals surface area contributed by atoms with E-state index in [9.17, 15) is 0 Å². The minimum Gasteiger partial charge on any atom is -0.493 e. The molecule has 0 aliphatic heterocycles. The van der Waals surface area contributed by atoms with Crippen LogP contribution in [0.25, 0.3) is 0 Å². The van der Waals surface area contributed by atoms with Crippen molar-refractivity contribution in [2.24, 2.45) is 5.41 Å². The topological polar surface area (TPSA) is 30.5 Å². The van der Waals surface area contributed by atoms with Crippen molar-refractivity contribution >= 4 is 0 Å². The Morgan fingerprint density at radius 1 is 1.15 bits per heavy atom. The molecule has 114 valence electrons. The Hall–Kier alpha value is -1.06. The van der Waals surface area contributed by atoms with Crippen molar-refractivity contribution in [1.29, 1.82) is 0 Å². The van der Waals surface area contributed by atoms with Crippen LogP contribution in [0.4, 0.5) is 0 Å². The van der Waals surface area contributed by atoms with Crippen LogP contribution in [0.1, 0.15) is 38.3 Å². The van der Waals surface area contributed by atoms with Gasteiger partial charge in [0.1, 0.15) is 5.75 Å². The molecule has 0 spiro atoms. The molecule has 0 radical (unpaired) electrons. The van der Waals surface area contributed by atoms with Crippen LogP contribution in [0, 0.1) is 12.3 Å². The molecule has 1 N–H and O–H groups in total. The lowest BCUT2D eigenvalue weighted by Crippen LogP contribution is -2.19. The Kier molecular flexibility index (Phi) is 7.03. The first-order valence-electron chi connectivity index (χ1n) is 7.34. The predicted molar refractivity (Wildman–Crippen MR) is 84.3 cm³/mol. The molecule has 0 amide bonds. The highest BCUT2D eigenvalue weighted by molar-refractivity contribution is 5.36. The SMILES string of the molecule is COCCNCc1cc(C)ccc1OCCC(C)(C)C. The van der Waals surface area contributed by atoms with E-state index in [2.05, 4.69) is 51.2 Å². The molecule has 0 fully saturated rings. The van der Waals surface area contributed by atoms with Crippen molar-refractivity contribution in [2.75, 3.05) is 26.9 Å². The van der Waals surface area contributed by atoms with Crippen molar-refractivity contribution in [3.8, 4) is 5.75 Å². The van der Waals surface area contributed by atoms with Gasteiger partial charge in [0.25, 0.3) is 0 Å². The van der Waals surface area contributed by atoms with E-state index in [0.29, 0.717) is 5.41 Å². The molecule has 0 atom stereocenters. The third-order valence-corrected chi connectivity index (χ3v) is 3.12. The molecule has 0 heterocycles. The second-order valence-electron chi connectivity index (χ2n) is 6.44. The molecule has 3 nitrogen and oxygen atoms in total. The summed E-state index contributed by atoms with van der Waals surface area (Å²) >= 11 is 0. The van der Waals surface area contributed by atoms with Crippen LogP contribution in [-0.4, -0.2) is 26.9 Å². The average molecular weight is 279 g/mol. The summed E-state index contributed by atoms with van der Waals surface area (Å²) in [5.74, 6) is 0.991. The summed E-state index contributed by atoms with van der Waals surface area (Å²) < 4.78 is 11.0. The number of benzene rings is 1. The molecule has 1 rings (SSSR count). The fourth-order valence-corrected chi connectivity index (χ4v) is 1.85. The normalized spacial score (nSPS) is 11.7. The van der Waals surface area contributed by atoms with Crippen molar-refractivity contribution < 1.29 is 9.47 Å². The van der Waals surface area contributed by atoms with E-state index in [1.54, 1.807) is 7.11 Å². The number of hydrogen-bond acceptors (Lipinski definition) is 3. The number of aryl methyl sites for hydroxylation is 1. The maximum absolute atomic E-state index is 5.95. The van der Waals surface area contributed by atoms with Gasteiger partial charge in [-0.3, -0.25) is 0 Å². The van der Waals surface area contributed by atoms with Gasteiger partial charge >= 0.3 is 0 Å². The smallest absolute Gasteiger partial charge is 0.123 e. The molecule has 0 aromatic heterocycles. The minimum atomic E-state index is 0.307. The Bertz CT molecular complexity index is 396. The monoisotopic (exact) mass is 279 g/mol. The molecule has 1 aromatic rings. The highest BCUT2D eigenvalue weighted by Gasteiger charge is 2.11. The Morgan fingerprint density at radius 3 is 2.55 bits per heavy atom. The zero-order valence-corrected chi connectivity index (χ0v) is 13.6. The molecular weight excluding hydrogens is 250 g/mol. The summed E-state index contributed by atoms with van der Waals surface area (Å²) in [5.41, 5.74) is 2.79. The molecule has 0 aliphatic carbocycles. The standard InChI is InChI=1S/C17H29NO2/c1-14-6-7-16(20-10-8-17(2,3)4)15(12-14)13-18-9-11-19-5/h6-7,12,18H,8-11,13H2,1-5H3. The van der Waals surface area contributed by atoms with Crippen LogP contribution in [0.5, 0.6) is 5.75 Å². The summed E-state index contributed by atoms with van der Waals surface area (Å²) in [6.07, 6.45) is 1.05. The summed E-state index contributed by atoms with van der Waals surface area (Å²) in [6, 6.07) is 6.36. The molecule has 0 saturated carbocycles. The summed E-state index contributed by atoms with van der Waals surface area (Å²) in [7, 11) is 1.72. The van der Waals surface area contributed by atoms with Gasteiger partial charge in [0, 0.05) is 25.8 Å². The van der Waals surface area contributed by atoms with Gasteiger partial charge in [-0.2, -0.15) is 0 Å². The van der Waals surface area contributed by atoms with E-state index < -0.39 is 0 Å². The van der Waals surface area contributed by atoms with Gasteiger partial charge in [-0.25, -0.2) is 0 Å². The average Bonchev–Trinajstić information content (AvgIpc) is 2.35. The van der Waals surface area contributed by atoms with Gasteiger partial charge in [-0.15, -0.1) is 0 Å². The van der Waals surface area contributed by atoms with Crippen LogP contribution in [0.15, 0.2) is 18.2 Å². The zero-order chi connectivity index (χ0) is 15.0. The molecule has 0 saturated heterocycles. The van der Waals surface area contributed by atoms with Crippen LogP contribution < -0.4 is 10.1 Å². The maximum Gasteiger partial charge on any atom is 0.123 e. The third kappa shape index (κ3) is 6.92. The van der Waals surface area contributed by atoms with Gasteiger partial charge in [0.15, 0.2) is 0 Å². The fourth-order valence-electron chi connectivity index (χ4n) is 1.85. The lowest BCUT2D eigenvalue weighted by molar-refractivity contribution is 0.198. The molecule has 1 aromatic carbocycles. The van der Waals surface area contributed by atoms with E-state index in [-0.39, 0.29) is 0 Å². The van der Waals surface area contributed by atoms with Crippen LogP contribution in [-0.2, 0) is 11.3 Å². The van der Waals surface area contributed by atoms with E-state index in [0.717, 1.165) is 38.5 Å². The fraction of sp³-hybridized carbons (Fsp3) is 0.647. The van der Waals surface area contributed by atoms with Crippen LogP contribution >= 0.6 is 0 Å². The van der Waals surface area contributed by atoms with E-state index in [1.807, 2.05) is 0 Å². The van der Waals surface area contributed by atoms with Gasteiger partial charge in [0.2, 0.25) is 0 Å². The largest absolute Gasteiger partial charge is 0.493 e. The Morgan fingerprint density at radius 2 is 1.90 bits per heavy atom. The quantitative estimate of drug-likeness (QED) is 0.738. The summed E-state index contributed by atoms with van der Waals surface area (Å²) in [4.78, 5) is 0. The Labute approximate surface area is 123 Å². The highest BCUT2D eigenvalue weighted by atomic mass is 16.5. The number of hydrogen-bond donors (Lipinski definition) is 1. The van der Waals surface area contributed by atoms with Gasteiger partial charge in [-0.05, 0) is 24.8 Å². The molecule has 20 heavy (non-hydrogen) atoms. The molecule has 0 unspecified atom stereocenters. The number of nitrogens with one attached hydrogen (secondary N) is 1. The van der Waals surface area contributed by atoms with Gasteiger partial charge in [-0.1, -0.05) is 38.5 Å². The Balaban J connectivity index is 2.55. The van der Waals surface area contributed by atoms with Gasteiger partial charge < -0.3 is 14.8 Å². The van der Waals surface area contributed by atoms with Crippen molar-refractivity contribution in [2.45, 2.75) is 40.7 Å². The van der Waals surface area contributed by atoms with Crippen LogP contribution in [0.3, 0.4) is 0 Å². The second-order valence-corrected chi connectivity index (χ2v) is 6.44. The lowest BCUT2D eigenvalue weighted by atomic mass is 9.93. The molecule has 0 aliphatic rings. The lowest BCUT2D eigenvalue weighted by Gasteiger charge is -2.19. The van der Waals surface area contributed by atoms with E-state index in [1.165, 1.54) is 11.1 Å². The maximum atomic E-state index is 5.95. The highest BCUT2D eigenvalue weighted by Crippen LogP contribution is 2.23. The number of ether oxygens (including phenoxy) is 2. The first-order valence-corrected chi connectivity index (χ1v) is 7.34. The van der Waals surface area contributed by atoms with Crippen molar-refractivity contribution in [3.05, 3.63) is 29.3 Å². The van der Waals surface area contributed by atoms with Gasteiger partial charge in [0.05, 0.1) is 13.2 Å². The third-order valence-electron chi connectivity index (χ3n) is 3.12. The first kappa shape index (κ1) is 17.0. The first-order chi connectivity index (χ1) is 9.42. The number of methoxy groups -OCH3 is 1. The molecular formula is C17H29NO2. The number of rotatable bonds is 8. The summed E-state index contributed by atoms with van der Waals surface area (Å²) in [6.45, 7) is 12.0. The van der Waals surface area contributed by atoms with Crippen molar-refractivity contribution in [3.63, 3.8) is 0 Å². The zero-order valence-electron chi connectivity index (χ0n) is 13.6. The molecule has 3 heteroatoms. The minimum absolute atomic E-state index is 0.307. The summed E-state index contributed by atoms with van der Waals surface area (Å²) in [5, 5.41) is 3.37. The molecule has 0 bridgehead atoms. The second kappa shape index (κ2) is 8.28. The van der Waals surface area contributed by atoms with E-state index in [4.69, 9.17) is 9.47 Å². The van der Waals surface area contributed by atoms with E-state index >= 15 is 0 Å². The van der Waals surface area contributed by atoms with Crippen LogP contribution in [0.2, 0.25) is 0 Å². The predicted octanol–water partition coefficient (Wildman–Crippen LogP) is 3.55.